The smallest absolute Gasteiger partial charge is 0.147 e. The molecule has 0 unspecified atom stereocenters. The van der Waals surface area contributed by atoms with Gasteiger partial charge in [-0.1, -0.05) is 12.0 Å². The summed E-state index contributed by atoms with van der Waals surface area (Å²) >= 11 is 0. The Morgan fingerprint density at radius 3 is 2.78 bits per heavy atom. The Labute approximate surface area is 70.7 Å². The molecule has 0 saturated carbocycles. The number of hydrogen-bond acceptors (Lipinski definition) is 1. The molecule has 0 bridgehead atoms. The van der Waals surface area contributed by atoms with Crippen LogP contribution in [-0.2, 0) is 25.8 Å². The van der Waals surface area contributed by atoms with Crippen molar-refractivity contribution in [2.45, 2.75) is 6.42 Å². The van der Waals surface area contributed by atoms with Gasteiger partial charge in [0, 0.05) is 21.1 Å². The fraction of sp³-hybridized carbons (Fsp3) is 0.286. The van der Waals surface area contributed by atoms with Crippen LogP contribution in [0.5, 0.6) is 0 Å². The van der Waals surface area contributed by atoms with E-state index in [9.17, 15) is 0 Å². The van der Waals surface area contributed by atoms with Crippen LogP contribution in [0, 0.1) is 19.3 Å². The Hall–Kier alpha value is -0.212. The standard InChI is InChI=1S/C7H9O.Mo/c1-3-5-7-8-6-4-2;/h2,5,7H,1,3,6H2;/q-1;/b7-5-;. The molecule has 2 heteroatoms. The first-order valence-corrected chi connectivity index (χ1v) is 2.41. The third-order valence-electron chi connectivity index (χ3n) is 0.526. The first-order chi connectivity index (χ1) is 3.91. The van der Waals surface area contributed by atoms with Gasteiger partial charge in [0.25, 0.3) is 0 Å². The zero-order chi connectivity index (χ0) is 6.24. The third-order valence-corrected chi connectivity index (χ3v) is 0.526. The van der Waals surface area contributed by atoms with Gasteiger partial charge in [0.05, 0.1) is 6.26 Å². The van der Waals surface area contributed by atoms with Crippen LogP contribution < -0.4 is 0 Å². The van der Waals surface area contributed by atoms with Gasteiger partial charge in [-0.2, -0.15) is 6.42 Å². The largest absolute Gasteiger partial charge is 0.489 e. The second-order valence-electron chi connectivity index (χ2n) is 1.18. The molecule has 0 rings (SSSR count). The second-order valence-corrected chi connectivity index (χ2v) is 1.18. The van der Waals surface area contributed by atoms with Crippen LogP contribution in [0.2, 0.25) is 0 Å². The van der Waals surface area contributed by atoms with Gasteiger partial charge in [-0.05, 0) is 0 Å². The predicted molar refractivity (Wildman–Crippen MR) is 33.9 cm³/mol. The number of rotatable bonds is 3. The Morgan fingerprint density at radius 1 is 1.67 bits per heavy atom. The van der Waals surface area contributed by atoms with Gasteiger partial charge in [-0.25, -0.2) is 0 Å². The second kappa shape index (κ2) is 10.7. The number of allylic oxidation sites excluding steroid dienone is 1. The molecule has 0 radical (unpaired) electrons. The van der Waals surface area contributed by atoms with E-state index in [0.717, 1.165) is 6.42 Å². The summed E-state index contributed by atoms with van der Waals surface area (Å²) in [6, 6.07) is 0. The summed E-state index contributed by atoms with van der Waals surface area (Å²) in [5.74, 6) is 2.33. The summed E-state index contributed by atoms with van der Waals surface area (Å²) in [6.45, 7) is 3.91. The predicted octanol–water partition coefficient (Wildman–Crippen LogP) is 1.37. The summed E-state index contributed by atoms with van der Waals surface area (Å²) in [7, 11) is 0. The fourth-order valence-corrected chi connectivity index (χ4v) is 0.232. The van der Waals surface area contributed by atoms with Crippen molar-refractivity contribution in [3.8, 4) is 12.3 Å². The van der Waals surface area contributed by atoms with Gasteiger partial charge in [-0.3, -0.25) is 0 Å². The third kappa shape index (κ3) is 11.4. The van der Waals surface area contributed by atoms with E-state index in [1.165, 1.54) is 0 Å². The van der Waals surface area contributed by atoms with E-state index >= 15 is 0 Å². The maximum absolute atomic E-state index is 4.89. The van der Waals surface area contributed by atoms with Gasteiger partial charge >= 0.3 is 0 Å². The summed E-state index contributed by atoms with van der Waals surface area (Å²) in [6.07, 6.45) is 8.99. The van der Waals surface area contributed by atoms with E-state index in [2.05, 4.69) is 12.8 Å². The van der Waals surface area contributed by atoms with Crippen molar-refractivity contribution in [3.05, 3.63) is 19.3 Å². The fourth-order valence-electron chi connectivity index (χ4n) is 0.232. The van der Waals surface area contributed by atoms with Crippen molar-refractivity contribution in [1.29, 1.82) is 0 Å². The summed E-state index contributed by atoms with van der Waals surface area (Å²) in [5, 5.41) is 0. The molecule has 0 aliphatic carbocycles. The maximum atomic E-state index is 4.89. The van der Waals surface area contributed by atoms with E-state index in [1.54, 1.807) is 12.3 Å². The first kappa shape index (κ1) is 11.6. The summed E-state index contributed by atoms with van der Waals surface area (Å²) in [4.78, 5) is 0. The molecule has 0 amide bonds. The molecule has 1 nitrogen and oxygen atoms in total. The monoisotopic (exact) mass is 207 g/mol. The SMILES string of the molecule is C#CCO/C=C\C[CH2-].[Mo]. The van der Waals surface area contributed by atoms with Crippen molar-refractivity contribution >= 4 is 0 Å². The average Bonchev–Trinajstić information content (AvgIpc) is 1.81. The zero-order valence-electron chi connectivity index (χ0n) is 5.17. The van der Waals surface area contributed by atoms with Crippen molar-refractivity contribution in [1.82, 2.24) is 0 Å². The first-order valence-electron chi connectivity index (χ1n) is 2.41. The quantitative estimate of drug-likeness (QED) is 0.222. The summed E-state index contributed by atoms with van der Waals surface area (Å²) < 4.78 is 4.77. The van der Waals surface area contributed by atoms with E-state index in [4.69, 9.17) is 11.2 Å². The number of ether oxygens (including phenoxy) is 1. The molecule has 0 fully saturated rings. The topological polar surface area (TPSA) is 9.23 Å². The molecule has 0 aromatic heterocycles. The Balaban J connectivity index is 0. The molecule has 9 heavy (non-hydrogen) atoms. The minimum absolute atomic E-state index is 0. The molecular formula is C7H9MoO-. The molecule has 0 N–H and O–H groups in total. The van der Waals surface area contributed by atoms with Gasteiger partial charge in [0.15, 0.2) is 0 Å². The van der Waals surface area contributed by atoms with Crippen molar-refractivity contribution < 1.29 is 25.8 Å². The average molecular weight is 205 g/mol. The molecule has 50 valence electrons. The molecule has 0 aliphatic heterocycles. The van der Waals surface area contributed by atoms with Gasteiger partial charge < -0.3 is 11.7 Å². The Kier molecular flexibility index (Phi) is 13.8. The molecule has 0 atom stereocenters. The van der Waals surface area contributed by atoms with Crippen LogP contribution in [0.1, 0.15) is 6.42 Å². The van der Waals surface area contributed by atoms with Gasteiger partial charge in [0.2, 0.25) is 0 Å². The van der Waals surface area contributed by atoms with E-state index in [-0.39, 0.29) is 21.1 Å². The van der Waals surface area contributed by atoms with Crippen LogP contribution in [0.4, 0.5) is 0 Å². The molecule has 0 spiro atoms. The van der Waals surface area contributed by atoms with Crippen LogP contribution >= 0.6 is 0 Å². The molecular weight excluding hydrogens is 196 g/mol. The van der Waals surface area contributed by atoms with E-state index in [1.807, 2.05) is 0 Å². The normalized spacial score (nSPS) is 8.00. The molecule has 0 aromatic rings. The van der Waals surface area contributed by atoms with Gasteiger partial charge in [0.1, 0.15) is 6.61 Å². The number of terminal acetylenes is 1. The van der Waals surface area contributed by atoms with Crippen molar-refractivity contribution in [2.24, 2.45) is 0 Å². The Bertz CT molecular complexity index is 102. The summed E-state index contributed by atoms with van der Waals surface area (Å²) in [5.41, 5.74) is 0. The van der Waals surface area contributed by atoms with Crippen molar-refractivity contribution in [3.63, 3.8) is 0 Å². The minimum atomic E-state index is 0. The molecule has 0 saturated heterocycles. The molecule has 0 aromatic carbocycles. The van der Waals surface area contributed by atoms with Gasteiger partial charge in [-0.15, -0.1) is 6.42 Å². The van der Waals surface area contributed by atoms with E-state index in [0.29, 0.717) is 6.61 Å². The number of hydrogen-bond donors (Lipinski definition) is 0. The van der Waals surface area contributed by atoms with E-state index < -0.39 is 0 Å². The Morgan fingerprint density at radius 2 is 2.33 bits per heavy atom. The molecule has 0 aliphatic rings. The minimum Gasteiger partial charge on any atom is -0.489 e. The van der Waals surface area contributed by atoms with Crippen LogP contribution in [0.15, 0.2) is 12.3 Å². The zero-order valence-corrected chi connectivity index (χ0v) is 7.18. The maximum Gasteiger partial charge on any atom is 0.147 e. The van der Waals surface area contributed by atoms with Crippen LogP contribution in [0.25, 0.3) is 0 Å². The molecule has 0 heterocycles. The van der Waals surface area contributed by atoms with Crippen molar-refractivity contribution in [2.75, 3.05) is 6.61 Å². The van der Waals surface area contributed by atoms with Crippen LogP contribution in [0.3, 0.4) is 0 Å². The van der Waals surface area contributed by atoms with Crippen LogP contribution in [-0.4, -0.2) is 6.61 Å².